The second-order valence-electron chi connectivity index (χ2n) is 5.05. The summed E-state index contributed by atoms with van der Waals surface area (Å²) in [6.07, 6.45) is 0.847. The number of amides is 1. The fraction of sp³-hybridized carbons (Fsp3) is 0.500. The molecule has 0 aliphatic carbocycles. The van der Waals surface area contributed by atoms with E-state index >= 15 is 0 Å². The van der Waals surface area contributed by atoms with Gasteiger partial charge in [0.2, 0.25) is 0 Å². The van der Waals surface area contributed by atoms with Gasteiger partial charge >= 0.3 is 0 Å². The van der Waals surface area contributed by atoms with Gasteiger partial charge in [0, 0.05) is 24.7 Å². The first-order valence-electron chi connectivity index (χ1n) is 6.04. The van der Waals surface area contributed by atoms with Crippen LogP contribution in [0.3, 0.4) is 0 Å². The molecule has 1 amide bonds. The van der Waals surface area contributed by atoms with E-state index in [1.165, 1.54) is 4.90 Å². The number of rotatable bonds is 4. The first-order chi connectivity index (χ1) is 8.31. The van der Waals surface area contributed by atoms with E-state index in [2.05, 4.69) is 13.8 Å². The summed E-state index contributed by atoms with van der Waals surface area (Å²) in [7, 11) is 1.65. The summed E-state index contributed by atoms with van der Waals surface area (Å²) in [5.41, 5.74) is 0.0469. The van der Waals surface area contributed by atoms with Crippen molar-refractivity contribution < 1.29 is 13.6 Å². The molecule has 0 radical (unpaired) electrons. The summed E-state index contributed by atoms with van der Waals surface area (Å²) < 4.78 is 26.1. The van der Waals surface area contributed by atoms with Gasteiger partial charge in [-0.25, -0.2) is 8.78 Å². The summed E-state index contributed by atoms with van der Waals surface area (Å²) in [4.78, 5) is 13.6. The van der Waals surface area contributed by atoms with Gasteiger partial charge in [0.05, 0.1) is 0 Å². The van der Waals surface area contributed by atoms with Crippen molar-refractivity contribution in [2.45, 2.75) is 33.2 Å². The highest BCUT2D eigenvalue weighted by Gasteiger charge is 2.19. The van der Waals surface area contributed by atoms with Gasteiger partial charge in [-0.2, -0.15) is 0 Å². The monoisotopic (exact) mass is 255 g/mol. The fourth-order valence-corrected chi connectivity index (χ4v) is 1.92. The van der Waals surface area contributed by atoms with Crippen molar-refractivity contribution in [1.82, 2.24) is 4.90 Å². The lowest BCUT2D eigenvalue weighted by atomic mass is 10.0. The highest BCUT2D eigenvalue weighted by atomic mass is 19.1. The van der Waals surface area contributed by atoms with Gasteiger partial charge in [-0.05, 0) is 31.4 Å². The molecule has 0 N–H and O–H groups in total. The van der Waals surface area contributed by atoms with E-state index < -0.39 is 11.6 Å². The summed E-state index contributed by atoms with van der Waals surface area (Å²) in [5, 5.41) is 0. The normalized spacial score (nSPS) is 12.6. The van der Waals surface area contributed by atoms with Gasteiger partial charge < -0.3 is 4.90 Å². The standard InChI is InChI=1S/C14H19F2NO/c1-9(2)5-10(3)17(4)14(18)11-6-12(15)8-13(16)7-11/h6-10H,5H2,1-4H3/t10-/m0/s1. The molecule has 1 atom stereocenters. The van der Waals surface area contributed by atoms with E-state index in [4.69, 9.17) is 0 Å². The van der Waals surface area contributed by atoms with Crippen LogP contribution < -0.4 is 0 Å². The largest absolute Gasteiger partial charge is 0.339 e. The van der Waals surface area contributed by atoms with Crippen LogP contribution in [-0.2, 0) is 0 Å². The van der Waals surface area contributed by atoms with Gasteiger partial charge in [-0.1, -0.05) is 13.8 Å². The van der Waals surface area contributed by atoms with E-state index in [0.717, 1.165) is 24.6 Å². The van der Waals surface area contributed by atoms with Crippen LogP contribution in [0.15, 0.2) is 18.2 Å². The lowest BCUT2D eigenvalue weighted by molar-refractivity contribution is 0.0727. The van der Waals surface area contributed by atoms with Gasteiger partial charge in [0.1, 0.15) is 11.6 Å². The summed E-state index contributed by atoms with van der Waals surface area (Å²) in [6, 6.07) is 2.91. The average molecular weight is 255 g/mol. The maximum Gasteiger partial charge on any atom is 0.254 e. The Balaban J connectivity index is 2.86. The van der Waals surface area contributed by atoms with Crippen molar-refractivity contribution in [3.05, 3.63) is 35.4 Å². The second-order valence-corrected chi connectivity index (χ2v) is 5.05. The van der Waals surface area contributed by atoms with Crippen LogP contribution in [0, 0.1) is 17.6 Å². The van der Waals surface area contributed by atoms with Gasteiger partial charge in [-0.15, -0.1) is 0 Å². The molecule has 1 rings (SSSR count). The molecule has 0 unspecified atom stereocenters. The van der Waals surface area contributed by atoms with E-state index in [1.807, 2.05) is 6.92 Å². The van der Waals surface area contributed by atoms with E-state index in [-0.39, 0.29) is 17.5 Å². The number of carbonyl (C=O) groups is 1. The number of benzene rings is 1. The van der Waals surface area contributed by atoms with Crippen molar-refractivity contribution in [3.63, 3.8) is 0 Å². The maximum absolute atomic E-state index is 13.1. The molecule has 0 aliphatic heterocycles. The molecule has 0 fully saturated rings. The lowest BCUT2D eigenvalue weighted by Crippen LogP contribution is -2.36. The first-order valence-corrected chi connectivity index (χ1v) is 6.04. The van der Waals surface area contributed by atoms with Crippen molar-refractivity contribution in [2.24, 2.45) is 5.92 Å². The van der Waals surface area contributed by atoms with Crippen LogP contribution in [0.25, 0.3) is 0 Å². The number of nitrogens with zero attached hydrogens (tertiary/aromatic N) is 1. The fourth-order valence-electron chi connectivity index (χ4n) is 1.92. The van der Waals surface area contributed by atoms with E-state index in [9.17, 15) is 13.6 Å². The zero-order valence-corrected chi connectivity index (χ0v) is 11.2. The number of halogens is 2. The Kier molecular flexibility index (Phi) is 4.82. The Labute approximate surface area is 107 Å². The van der Waals surface area contributed by atoms with Gasteiger partial charge in [0.25, 0.3) is 5.91 Å². The zero-order chi connectivity index (χ0) is 13.9. The first kappa shape index (κ1) is 14.6. The molecular weight excluding hydrogens is 236 g/mol. The summed E-state index contributed by atoms with van der Waals surface area (Å²) in [6.45, 7) is 6.06. The molecule has 2 nitrogen and oxygen atoms in total. The van der Waals surface area contributed by atoms with Crippen molar-refractivity contribution in [3.8, 4) is 0 Å². The van der Waals surface area contributed by atoms with Crippen LogP contribution in [0.5, 0.6) is 0 Å². The molecule has 0 saturated heterocycles. The highest BCUT2D eigenvalue weighted by molar-refractivity contribution is 5.94. The number of hydrogen-bond donors (Lipinski definition) is 0. The Hall–Kier alpha value is -1.45. The topological polar surface area (TPSA) is 20.3 Å². The van der Waals surface area contributed by atoms with Crippen molar-refractivity contribution >= 4 is 5.91 Å². The van der Waals surface area contributed by atoms with Crippen LogP contribution in [0.4, 0.5) is 8.78 Å². The van der Waals surface area contributed by atoms with Crippen LogP contribution in [0.1, 0.15) is 37.6 Å². The third kappa shape index (κ3) is 3.79. The van der Waals surface area contributed by atoms with E-state index in [1.54, 1.807) is 7.05 Å². The van der Waals surface area contributed by atoms with Crippen LogP contribution in [-0.4, -0.2) is 23.9 Å². The maximum atomic E-state index is 13.1. The smallest absolute Gasteiger partial charge is 0.254 e. The molecule has 1 aromatic rings. The predicted octanol–water partition coefficient (Wildman–Crippen LogP) is 3.47. The molecule has 0 aromatic heterocycles. The minimum atomic E-state index is -0.733. The molecule has 18 heavy (non-hydrogen) atoms. The zero-order valence-electron chi connectivity index (χ0n) is 11.2. The SMILES string of the molecule is CC(C)C[C@H](C)N(C)C(=O)c1cc(F)cc(F)c1. The summed E-state index contributed by atoms with van der Waals surface area (Å²) >= 11 is 0. The molecule has 0 spiro atoms. The average Bonchev–Trinajstić information content (AvgIpc) is 2.24. The van der Waals surface area contributed by atoms with Crippen LogP contribution >= 0.6 is 0 Å². The summed E-state index contributed by atoms with van der Waals surface area (Å²) in [5.74, 6) is -1.37. The minimum absolute atomic E-state index is 0.0313. The Morgan fingerprint density at radius 3 is 2.11 bits per heavy atom. The van der Waals surface area contributed by atoms with Crippen molar-refractivity contribution in [2.75, 3.05) is 7.05 Å². The molecule has 0 heterocycles. The van der Waals surface area contributed by atoms with E-state index in [0.29, 0.717) is 5.92 Å². The predicted molar refractivity (Wildman–Crippen MR) is 67.4 cm³/mol. The molecule has 4 heteroatoms. The van der Waals surface area contributed by atoms with Gasteiger partial charge in [0.15, 0.2) is 0 Å². The molecule has 0 bridgehead atoms. The quantitative estimate of drug-likeness (QED) is 0.806. The Morgan fingerprint density at radius 1 is 1.17 bits per heavy atom. The molecule has 100 valence electrons. The highest BCUT2D eigenvalue weighted by Crippen LogP contribution is 2.15. The van der Waals surface area contributed by atoms with Crippen LogP contribution in [0.2, 0.25) is 0 Å². The number of hydrogen-bond acceptors (Lipinski definition) is 1. The molecular formula is C14H19F2NO. The molecule has 1 aromatic carbocycles. The number of carbonyl (C=O) groups excluding carboxylic acids is 1. The Bertz CT molecular complexity index is 412. The second kappa shape index (κ2) is 5.94. The minimum Gasteiger partial charge on any atom is -0.339 e. The third-order valence-corrected chi connectivity index (χ3v) is 2.90. The molecule has 0 saturated carbocycles. The Morgan fingerprint density at radius 2 is 1.67 bits per heavy atom. The third-order valence-electron chi connectivity index (χ3n) is 2.90. The van der Waals surface area contributed by atoms with Crippen molar-refractivity contribution in [1.29, 1.82) is 0 Å². The lowest BCUT2D eigenvalue weighted by Gasteiger charge is -2.26. The molecule has 0 aliphatic rings. The van der Waals surface area contributed by atoms with Gasteiger partial charge in [-0.3, -0.25) is 4.79 Å².